The lowest BCUT2D eigenvalue weighted by Gasteiger charge is -2.14. The number of carbonyl (C=O) groups is 1. The molecular formula is C22H23N3O4. The van der Waals surface area contributed by atoms with E-state index in [9.17, 15) is 9.59 Å². The number of nitrogens with one attached hydrogen (secondary N) is 1. The Morgan fingerprint density at radius 3 is 3.00 bits per heavy atom. The van der Waals surface area contributed by atoms with Crippen LogP contribution < -0.4 is 20.3 Å². The van der Waals surface area contributed by atoms with Gasteiger partial charge in [-0.1, -0.05) is 12.1 Å². The van der Waals surface area contributed by atoms with E-state index >= 15 is 0 Å². The van der Waals surface area contributed by atoms with E-state index in [1.165, 1.54) is 10.9 Å². The van der Waals surface area contributed by atoms with E-state index < -0.39 is 0 Å². The molecule has 7 heteroatoms. The largest absolute Gasteiger partial charge is 0.492 e. The summed E-state index contributed by atoms with van der Waals surface area (Å²) in [6.45, 7) is 6.12. The summed E-state index contributed by atoms with van der Waals surface area (Å²) in [7, 11) is 0. The first-order valence-electron chi connectivity index (χ1n) is 9.67. The van der Waals surface area contributed by atoms with Crippen molar-refractivity contribution in [3.8, 4) is 11.5 Å². The number of hydrogen-bond acceptors (Lipinski definition) is 5. The minimum atomic E-state index is -0.340. The van der Waals surface area contributed by atoms with Gasteiger partial charge in [-0.2, -0.15) is 0 Å². The summed E-state index contributed by atoms with van der Waals surface area (Å²) in [5.74, 6) is 1.00. The van der Waals surface area contributed by atoms with Crippen LogP contribution in [0.25, 0.3) is 10.9 Å². The lowest BCUT2D eigenvalue weighted by atomic mass is 10.1. The van der Waals surface area contributed by atoms with Crippen molar-refractivity contribution >= 4 is 22.5 Å². The third-order valence-corrected chi connectivity index (χ3v) is 4.94. The maximum absolute atomic E-state index is 12.7. The number of para-hydroxylation sites is 1. The maximum Gasteiger partial charge on any atom is 0.261 e. The number of ether oxygens (including phenoxy) is 2. The van der Waals surface area contributed by atoms with Crippen molar-refractivity contribution in [3.63, 3.8) is 0 Å². The van der Waals surface area contributed by atoms with Gasteiger partial charge in [0.2, 0.25) is 5.91 Å². The molecule has 0 saturated heterocycles. The Bertz CT molecular complexity index is 1150. The molecule has 1 atom stereocenters. The second kappa shape index (κ2) is 7.58. The van der Waals surface area contributed by atoms with E-state index in [4.69, 9.17) is 9.47 Å². The molecule has 0 radical (unpaired) electrons. The summed E-state index contributed by atoms with van der Waals surface area (Å²) in [5.41, 5.74) is 2.92. The molecule has 0 aliphatic carbocycles. The zero-order chi connectivity index (χ0) is 20.5. The Kier molecular flexibility index (Phi) is 4.96. The molecule has 7 nitrogen and oxygen atoms in total. The molecule has 2 heterocycles. The van der Waals surface area contributed by atoms with Crippen molar-refractivity contribution in [1.82, 2.24) is 9.55 Å². The monoisotopic (exact) mass is 393 g/mol. The minimum absolute atomic E-state index is 0.0936. The fraction of sp³-hybridized carbons (Fsp3) is 0.318. The van der Waals surface area contributed by atoms with Gasteiger partial charge >= 0.3 is 0 Å². The average Bonchev–Trinajstić information content (AvgIpc) is 3.04. The number of carbonyl (C=O) groups excluding carboxylic acids is 1. The van der Waals surface area contributed by atoms with Crippen LogP contribution in [0.5, 0.6) is 11.5 Å². The van der Waals surface area contributed by atoms with Crippen LogP contribution in [0.4, 0.5) is 5.69 Å². The molecule has 2 aromatic carbocycles. The van der Waals surface area contributed by atoms with Crippen LogP contribution in [0.1, 0.15) is 25.0 Å². The molecule has 0 saturated carbocycles. The first kappa shape index (κ1) is 19.0. The molecular weight excluding hydrogens is 370 g/mol. The Balaban J connectivity index is 1.59. The Morgan fingerprint density at radius 2 is 2.21 bits per heavy atom. The SMILES string of the molecule is CCOc1cc2c(cc1NC(=O)Cn1cnc3c(C)cccc3c1=O)OC(C)C2. The topological polar surface area (TPSA) is 82.5 Å². The molecule has 1 aliphatic heterocycles. The standard InChI is InChI=1S/C22H23N3O4/c1-4-28-19-9-15-8-14(3)29-18(15)10-17(19)24-20(26)11-25-12-23-21-13(2)6-5-7-16(21)22(25)27/h5-7,9-10,12,14H,4,8,11H2,1-3H3,(H,24,26). The molecule has 1 aromatic heterocycles. The molecule has 1 unspecified atom stereocenters. The van der Waals surface area contributed by atoms with Gasteiger partial charge in [0, 0.05) is 18.1 Å². The van der Waals surface area contributed by atoms with E-state index in [1.807, 2.05) is 39.0 Å². The summed E-state index contributed by atoms with van der Waals surface area (Å²) in [5, 5.41) is 3.34. The second-order valence-electron chi connectivity index (χ2n) is 7.22. The van der Waals surface area contributed by atoms with Gasteiger partial charge in [-0.15, -0.1) is 0 Å². The van der Waals surface area contributed by atoms with Crippen LogP contribution in [-0.4, -0.2) is 28.2 Å². The van der Waals surface area contributed by atoms with E-state index in [-0.39, 0.29) is 24.1 Å². The van der Waals surface area contributed by atoms with Crippen LogP contribution in [0, 0.1) is 6.92 Å². The van der Waals surface area contributed by atoms with Gasteiger partial charge in [0.25, 0.3) is 5.56 Å². The quantitative estimate of drug-likeness (QED) is 0.720. The molecule has 3 aromatic rings. The molecule has 29 heavy (non-hydrogen) atoms. The van der Waals surface area contributed by atoms with Crippen molar-refractivity contribution in [3.05, 3.63) is 58.1 Å². The van der Waals surface area contributed by atoms with Gasteiger partial charge in [-0.3, -0.25) is 14.2 Å². The van der Waals surface area contributed by atoms with Crippen LogP contribution in [-0.2, 0) is 17.8 Å². The Labute approximate surface area is 168 Å². The summed E-state index contributed by atoms with van der Waals surface area (Å²) in [6, 6.07) is 9.12. The molecule has 1 aliphatic rings. The Hall–Kier alpha value is -3.35. The first-order valence-corrected chi connectivity index (χ1v) is 9.67. The number of benzene rings is 2. The van der Waals surface area contributed by atoms with Gasteiger partial charge in [0.05, 0.1) is 29.5 Å². The molecule has 0 bridgehead atoms. The Morgan fingerprint density at radius 1 is 1.38 bits per heavy atom. The van der Waals surface area contributed by atoms with Gasteiger partial charge in [-0.05, 0) is 38.5 Å². The van der Waals surface area contributed by atoms with Crippen molar-refractivity contribution in [1.29, 1.82) is 0 Å². The molecule has 0 fully saturated rings. The van der Waals surface area contributed by atoms with Crippen LogP contribution in [0.2, 0.25) is 0 Å². The third kappa shape index (κ3) is 3.68. The van der Waals surface area contributed by atoms with Gasteiger partial charge in [0.15, 0.2) is 0 Å². The highest BCUT2D eigenvalue weighted by atomic mass is 16.5. The number of anilines is 1. The van der Waals surface area contributed by atoms with Crippen LogP contribution in [0.3, 0.4) is 0 Å². The molecule has 4 rings (SSSR count). The zero-order valence-electron chi connectivity index (χ0n) is 16.7. The molecule has 0 spiro atoms. The fourth-order valence-electron chi connectivity index (χ4n) is 3.61. The highest BCUT2D eigenvalue weighted by molar-refractivity contribution is 5.93. The van der Waals surface area contributed by atoms with E-state index in [1.54, 1.807) is 12.1 Å². The van der Waals surface area contributed by atoms with Crippen molar-refractivity contribution in [2.24, 2.45) is 0 Å². The molecule has 1 N–H and O–H groups in total. The number of hydrogen-bond donors (Lipinski definition) is 1. The highest BCUT2D eigenvalue weighted by Gasteiger charge is 2.22. The highest BCUT2D eigenvalue weighted by Crippen LogP contribution is 2.38. The lowest BCUT2D eigenvalue weighted by Crippen LogP contribution is -2.28. The van der Waals surface area contributed by atoms with Gasteiger partial charge in [0.1, 0.15) is 24.1 Å². The summed E-state index contributed by atoms with van der Waals surface area (Å²) in [6.07, 6.45) is 2.31. The number of nitrogens with zero attached hydrogens (tertiary/aromatic N) is 2. The first-order chi connectivity index (χ1) is 14.0. The smallest absolute Gasteiger partial charge is 0.261 e. The number of aromatic nitrogens is 2. The van der Waals surface area contributed by atoms with E-state index in [0.29, 0.717) is 28.9 Å². The summed E-state index contributed by atoms with van der Waals surface area (Å²) in [4.78, 5) is 29.7. The van der Waals surface area contributed by atoms with Gasteiger partial charge in [-0.25, -0.2) is 4.98 Å². The number of amides is 1. The number of rotatable bonds is 5. The predicted octanol–water partition coefficient (Wildman–Crippen LogP) is 3.07. The van der Waals surface area contributed by atoms with Gasteiger partial charge < -0.3 is 14.8 Å². The van der Waals surface area contributed by atoms with Crippen LogP contribution in [0.15, 0.2) is 41.5 Å². The van der Waals surface area contributed by atoms with E-state index in [0.717, 1.165) is 23.3 Å². The predicted molar refractivity (Wildman–Crippen MR) is 111 cm³/mol. The summed E-state index contributed by atoms with van der Waals surface area (Å²) < 4.78 is 12.8. The second-order valence-corrected chi connectivity index (χ2v) is 7.22. The molecule has 1 amide bonds. The third-order valence-electron chi connectivity index (χ3n) is 4.94. The average molecular weight is 393 g/mol. The maximum atomic E-state index is 12.7. The minimum Gasteiger partial charge on any atom is -0.492 e. The van der Waals surface area contributed by atoms with Crippen LogP contribution >= 0.6 is 0 Å². The zero-order valence-corrected chi connectivity index (χ0v) is 16.7. The lowest BCUT2D eigenvalue weighted by molar-refractivity contribution is -0.116. The fourth-order valence-corrected chi connectivity index (χ4v) is 3.61. The van der Waals surface area contributed by atoms with Crippen molar-refractivity contribution in [2.45, 2.75) is 39.8 Å². The molecule has 150 valence electrons. The van der Waals surface area contributed by atoms with Crippen molar-refractivity contribution in [2.75, 3.05) is 11.9 Å². The number of aryl methyl sites for hydroxylation is 1. The summed E-state index contributed by atoms with van der Waals surface area (Å²) >= 11 is 0. The van der Waals surface area contributed by atoms with E-state index in [2.05, 4.69) is 10.3 Å². The van der Waals surface area contributed by atoms with Crippen molar-refractivity contribution < 1.29 is 14.3 Å². The normalized spacial score (nSPS) is 15.1. The number of fused-ring (bicyclic) bond motifs is 2.